The summed E-state index contributed by atoms with van der Waals surface area (Å²) in [7, 11) is 0. The Morgan fingerprint density at radius 2 is 2.42 bits per heavy atom. The van der Waals surface area contributed by atoms with Gasteiger partial charge in [0, 0.05) is 13.2 Å². The van der Waals surface area contributed by atoms with Crippen molar-refractivity contribution in [3.8, 4) is 0 Å². The first-order valence-corrected chi connectivity index (χ1v) is 5.08. The summed E-state index contributed by atoms with van der Waals surface area (Å²) in [6.45, 7) is 3.88. The van der Waals surface area contributed by atoms with E-state index in [2.05, 4.69) is 0 Å². The van der Waals surface area contributed by atoms with Crippen LogP contribution < -0.4 is 0 Å². The molecule has 1 fully saturated rings. The van der Waals surface area contributed by atoms with Crippen molar-refractivity contribution in [3.63, 3.8) is 0 Å². The predicted molar refractivity (Wildman–Crippen MR) is 49.1 cm³/mol. The van der Waals surface area contributed by atoms with Crippen molar-refractivity contribution in [2.75, 3.05) is 13.2 Å². The van der Waals surface area contributed by atoms with Gasteiger partial charge in [0.2, 0.25) is 0 Å². The lowest BCUT2D eigenvalue weighted by molar-refractivity contribution is 0.0438. The minimum absolute atomic E-state index is 0.0908. The molecule has 2 atom stereocenters. The molecule has 0 radical (unpaired) electrons. The zero-order valence-electron chi connectivity index (χ0n) is 7.96. The van der Waals surface area contributed by atoms with Crippen LogP contribution in [0, 0.1) is 5.92 Å². The summed E-state index contributed by atoms with van der Waals surface area (Å²) in [6.07, 6.45) is 5.36. The molecule has 1 rings (SSSR count). The zero-order valence-corrected chi connectivity index (χ0v) is 7.96. The Kier molecular flexibility index (Phi) is 4.62. The first-order chi connectivity index (χ1) is 5.83. The molecule has 0 aromatic carbocycles. The SMILES string of the molecule is CCC(O)CCC1CCCOC1. The molecule has 0 amide bonds. The predicted octanol–water partition coefficient (Wildman–Crippen LogP) is 1.96. The lowest BCUT2D eigenvalue weighted by atomic mass is 9.95. The van der Waals surface area contributed by atoms with Gasteiger partial charge in [-0.1, -0.05) is 6.92 Å². The van der Waals surface area contributed by atoms with E-state index in [4.69, 9.17) is 4.74 Å². The molecule has 0 saturated carbocycles. The van der Waals surface area contributed by atoms with Gasteiger partial charge in [-0.05, 0) is 38.0 Å². The summed E-state index contributed by atoms with van der Waals surface area (Å²) in [4.78, 5) is 0. The fourth-order valence-corrected chi connectivity index (χ4v) is 1.67. The molecule has 0 spiro atoms. The first kappa shape index (κ1) is 10.0. The van der Waals surface area contributed by atoms with Crippen LogP contribution in [0.5, 0.6) is 0 Å². The molecule has 0 aromatic rings. The number of aliphatic hydroxyl groups is 1. The maximum Gasteiger partial charge on any atom is 0.0537 e. The van der Waals surface area contributed by atoms with E-state index in [-0.39, 0.29) is 6.10 Å². The first-order valence-electron chi connectivity index (χ1n) is 5.08. The molecule has 2 nitrogen and oxygen atoms in total. The molecular formula is C10H20O2. The van der Waals surface area contributed by atoms with Gasteiger partial charge >= 0.3 is 0 Å². The van der Waals surface area contributed by atoms with Crippen LogP contribution in [0.4, 0.5) is 0 Å². The summed E-state index contributed by atoms with van der Waals surface area (Å²) in [5.74, 6) is 0.708. The van der Waals surface area contributed by atoms with Crippen molar-refractivity contribution in [3.05, 3.63) is 0 Å². The van der Waals surface area contributed by atoms with Gasteiger partial charge in [-0.15, -0.1) is 0 Å². The number of ether oxygens (including phenoxy) is 1. The zero-order chi connectivity index (χ0) is 8.81. The summed E-state index contributed by atoms with van der Waals surface area (Å²) in [6, 6.07) is 0. The molecule has 2 heteroatoms. The molecule has 0 aromatic heterocycles. The number of aliphatic hydroxyl groups excluding tert-OH is 1. The normalized spacial score (nSPS) is 27.0. The fraction of sp³-hybridized carbons (Fsp3) is 1.00. The molecular weight excluding hydrogens is 152 g/mol. The molecule has 1 N–H and O–H groups in total. The second kappa shape index (κ2) is 5.55. The molecule has 0 aliphatic carbocycles. The quantitative estimate of drug-likeness (QED) is 0.702. The molecule has 72 valence electrons. The third-order valence-electron chi connectivity index (χ3n) is 2.63. The van der Waals surface area contributed by atoms with Crippen LogP contribution in [-0.4, -0.2) is 24.4 Å². The van der Waals surface area contributed by atoms with Gasteiger partial charge in [0.15, 0.2) is 0 Å². The molecule has 1 aliphatic rings. The minimum atomic E-state index is -0.0908. The Morgan fingerprint density at radius 3 is 3.00 bits per heavy atom. The highest BCUT2D eigenvalue weighted by Crippen LogP contribution is 2.19. The second-order valence-electron chi connectivity index (χ2n) is 3.72. The van der Waals surface area contributed by atoms with Crippen molar-refractivity contribution in [2.45, 2.75) is 45.1 Å². The number of hydrogen-bond acceptors (Lipinski definition) is 2. The topological polar surface area (TPSA) is 29.5 Å². The Hall–Kier alpha value is -0.0800. The monoisotopic (exact) mass is 172 g/mol. The molecule has 1 saturated heterocycles. The molecule has 2 unspecified atom stereocenters. The summed E-state index contributed by atoms with van der Waals surface area (Å²) in [5, 5.41) is 9.35. The van der Waals surface area contributed by atoms with E-state index in [0.717, 1.165) is 32.5 Å². The van der Waals surface area contributed by atoms with Crippen molar-refractivity contribution < 1.29 is 9.84 Å². The van der Waals surface area contributed by atoms with Gasteiger partial charge in [-0.25, -0.2) is 0 Å². The Bertz CT molecular complexity index is 108. The lowest BCUT2D eigenvalue weighted by Crippen LogP contribution is -2.19. The van der Waals surface area contributed by atoms with Gasteiger partial charge in [0.1, 0.15) is 0 Å². The van der Waals surface area contributed by atoms with Crippen LogP contribution in [0.1, 0.15) is 39.0 Å². The van der Waals surface area contributed by atoms with Crippen molar-refractivity contribution >= 4 is 0 Å². The Balaban J connectivity index is 2.05. The molecule has 0 bridgehead atoms. The number of rotatable bonds is 4. The smallest absolute Gasteiger partial charge is 0.0537 e. The molecule has 12 heavy (non-hydrogen) atoms. The van der Waals surface area contributed by atoms with Crippen LogP contribution in [-0.2, 0) is 4.74 Å². The average molecular weight is 172 g/mol. The fourth-order valence-electron chi connectivity index (χ4n) is 1.67. The van der Waals surface area contributed by atoms with Crippen LogP contribution in [0.15, 0.2) is 0 Å². The minimum Gasteiger partial charge on any atom is -0.393 e. The van der Waals surface area contributed by atoms with Gasteiger partial charge in [0.25, 0.3) is 0 Å². The van der Waals surface area contributed by atoms with Crippen LogP contribution in [0.2, 0.25) is 0 Å². The van der Waals surface area contributed by atoms with E-state index < -0.39 is 0 Å². The maximum absolute atomic E-state index is 9.35. The van der Waals surface area contributed by atoms with Crippen molar-refractivity contribution in [1.29, 1.82) is 0 Å². The summed E-state index contributed by atoms with van der Waals surface area (Å²) in [5.41, 5.74) is 0. The highest BCUT2D eigenvalue weighted by atomic mass is 16.5. The van der Waals surface area contributed by atoms with Crippen LogP contribution in [0.3, 0.4) is 0 Å². The van der Waals surface area contributed by atoms with Crippen molar-refractivity contribution in [2.24, 2.45) is 5.92 Å². The van der Waals surface area contributed by atoms with Gasteiger partial charge in [0.05, 0.1) is 6.10 Å². The molecule has 1 heterocycles. The van der Waals surface area contributed by atoms with Gasteiger partial charge < -0.3 is 9.84 Å². The average Bonchev–Trinajstić information content (AvgIpc) is 2.16. The van der Waals surface area contributed by atoms with E-state index >= 15 is 0 Å². The largest absolute Gasteiger partial charge is 0.393 e. The highest BCUT2D eigenvalue weighted by molar-refractivity contribution is 4.65. The molecule has 1 aliphatic heterocycles. The van der Waals surface area contributed by atoms with E-state index in [0.29, 0.717) is 5.92 Å². The van der Waals surface area contributed by atoms with Crippen LogP contribution in [0.25, 0.3) is 0 Å². The highest BCUT2D eigenvalue weighted by Gasteiger charge is 2.14. The summed E-state index contributed by atoms with van der Waals surface area (Å²) < 4.78 is 5.37. The Labute approximate surface area is 74.9 Å². The third kappa shape index (κ3) is 3.55. The maximum atomic E-state index is 9.35. The van der Waals surface area contributed by atoms with Crippen molar-refractivity contribution in [1.82, 2.24) is 0 Å². The third-order valence-corrected chi connectivity index (χ3v) is 2.63. The lowest BCUT2D eigenvalue weighted by Gasteiger charge is -2.22. The van der Waals surface area contributed by atoms with Crippen LogP contribution >= 0.6 is 0 Å². The second-order valence-corrected chi connectivity index (χ2v) is 3.72. The van der Waals surface area contributed by atoms with Gasteiger partial charge in [-0.3, -0.25) is 0 Å². The van der Waals surface area contributed by atoms with E-state index in [1.54, 1.807) is 0 Å². The summed E-state index contributed by atoms with van der Waals surface area (Å²) >= 11 is 0. The standard InChI is InChI=1S/C10H20O2/c1-2-10(11)6-5-9-4-3-7-12-8-9/h9-11H,2-8H2,1H3. The van der Waals surface area contributed by atoms with E-state index in [1.807, 2.05) is 6.92 Å². The van der Waals surface area contributed by atoms with E-state index in [9.17, 15) is 5.11 Å². The van der Waals surface area contributed by atoms with Gasteiger partial charge in [-0.2, -0.15) is 0 Å². The number of hydrogen-bond donors (Lipinski definition) is 1. The van der Waals surface area contributed by atoms with E-state index in [1.165, 1.54) is 12.8 Å². The Morgan fingerprint density at radius 1 is 1.58 bits per heavy atom.